The van der Waals surface area contributed by atoms with E-state index in [1.807, 2.05) is 0 Å². The number of methoxy groups -OCH3 is 1. The molecule has 0 aliphatic heterocycles. The second kappa shape index (κ2) is 7.31. The van der Waals surface area contributed by atoms with Crippen molar-refractivity contribution in [3.63, 3.8) is 0 Å². The van der Waals surface area contributed by atoms with Crippen molar-refractivity contribution in [2.45, 2.75) is 13.0 Å². The lowest BCUT2D eigenvalue weighted by molar-refractivity contribution is -0.122. The van der Waals surface area contributed by atoms with Gasteiger partial charge in [-0.1, -0.05) is 12.1 Å². The third-order valence-electron chi connectivity index (χ3n) is 3.19. The van der Waals surface area contributed by atoms with Crippen LogP contribution in [-0.4, -0.2) is 25.0 Å². The predicted octanol–water partition coefficient (Wildman–Crippen LogP) is 2.20. The number of hydrogen-bond donors (Lipinski definition) is 2. The summed E-state index contributed by atoms with van der Waals surface area (Å²) in [6.07, 6.45) is -0.746. The zero-order valence-corrected chi connectivity index (χ0v) is 12.9. The molecule has 2 amide bonds. The predicted molar refractivity (Wildman–Crippen MR) is 86.7 cm³/mol. The molecule has 6 heteroatoms. The summed E-state index contributed by atoms with van der Waals surface area (Å²) < 4.78 is 10.6. The summed E-state index contributed by atoms with van der Waals surface area (Å²) in [5, 5.41) is 2.64. The maximum absolute atomic E-state index is 12.2. The molecule has 0 radical (unpaired) electrons. The number of carbonyl (C=O) groups is 2. The van der Waals surface area contributed by atoms with Gasteiger partial charge in [-0.25, -0.2) is 0 Å². The summed E-state index contributed by atoms with van der Waals surface area (Å²) in [5.41, 5.74) is 5.89. The molecule has 6 nitrogen and oxygen atoms in total. The van der Waals surface area contributed by atoms with Gasteiger partial charge in [0.2, 0.25) is 0 Å². The first kappa shape index (κ1) is 16.4. The fourth-order valence-corrected chi connectivity index (χ4v) is 1.95. The highest BCUT2D eigenvalue weighted by Gasteiger charge is 2.17. The second-order valence-corrected chi connectivity index (χ2v) is 4.83. The molecule has 0 fully saturated rings. The number of para-hydroxylation sites is 1. The van der Waals surface area contributed by atoms with Gasteiger partial charge in [0.05, 0.1) is 18.4 Å². The number of carbonyl (C=O) groups excluding carboxylic acids is 2. The average molecular weight is 314 g/mol. The third kappa shape index (κ3) is 4.23. The van der Waals surface area contributed by atoms with Crippen LogP contribution in [0.2, 0.25) is 0 Å². The van der Waals surface area contributed by atoms with Crippen LogP contribution in [0.15, 0.2) is 48.5 Å². The van der Waals surface area contributed by atoms with Gasteiger partial charge >= 0.3 is 0 Å². The van der Waals surface area contributed by atoms with Crippen LogP contribution in [0.1, 0.15) is 17.3 Å². The number of anilines is 1. The Kier molecular flexibility index (Phi) is 5.19. The normalized spacial score (nSPS) is 11.4. The van der Waals surface area contributed by atoms with Crippen LogP contribution in [-0.2, 0) is 4.79 Å². The molecule has 0 bridgehead atoms. The Balaban J connectivity index is 2.04. The molecular formula is C17H18N2O4. The minimum atomic E-state index is -0.746. The highest BCUT2D eigenvalue weighted by molar-refractivity contribution is 6.03. The first-order chi connectivity index (χ1) is 11.0. The van der Waals surface area contributed by atoms with Gasteiger partial charge in [-0.2, -0.15) is 0 Å². The van der Waals surface area contributed by atoms with Crippen molar-refractivity contribution in [1.29, 1.82) is 0 Å². The van der Waals surface area contributed by atoms with Crippen molar-refractivity contribution < 1.29 is 19.1 Å². The number of hydrogen-bond acceptors (Lipinski definition) is 4. The summed E-state index contributed by atoms with van der Waals surface area (Å²) in [6, 6.07) is 13.4. The molecule has 1 atom stereocenters. The summed E-state index contributed by atoms with van der Waals surface area (Å²) >= 11 is 0. The Labute approximate surface area is 134 Å². The monoisotopic (exact) mass is 314 g/mol. The number of nitrogens with two attached hydrogens (primary N) is 1. The van der Waals surface area contributed by atoms with Crippen LogP contribution in [0.3, 0.4) is 0 Å². The van der Waals surface area contributed by atoms with E-state index in [4.69, 9.17) is 15.2 Å². The summed E-state index contributed by atoms with van der Waals surface area (Å²) in [6.45, 7) is 1.62. The van der Waals surface area contributed by atoms with Gasteiger partial charge in [-0.3, -0.25) is 9.59 Å². The van der Waals surface area contributed by atoms with Gasteiger partial charge < -0.3 is 20.5 Å². The fourth-order valence-electron chi connectivity index (χ4n) is 1.95. The van der Waals surface area contributed by atoms with E-state index in [-0.39, 0.29) is 11.5 Å². The molecule has 0 saturated carbocycles. The van der Waals surface area contributed by atoms with Crippen molar-refractivity contribution in [1.82, 2.24) is 0 Å². The van der Waals surface area contributed by atoms with E-state index in [2.05, 4.69) is 5.32 Å². The molecule has 3 N–H and O–H groups in total. The Hall–Kier alpha value is -3.02. The molecule has 0 spiro atoms. The summed E-state index contributed by atoms with van der Waals surface area (Å²) in [4.78, 5) is 23.6. The van der Waals surface area contributed by atoms with Crippen molar-refractivity contribution in [2.24, 2.45) is 5.73 Å². The lowest BCUT2D eigenvalue weighted by atomic mass is 10.1. The third-order valence-corrected chi connectivity index (χ3v) is 3.19. The summed E-state index contributed by atoms with van der Waals surface area (Å²) in [5.74, 6) is 0.251. The maximum Gasteiger partial charge on any atom is 0.265 e. The molecule has 2 aromatic rings. The molecule has 23 heavy (non-hydrogen) atoms. The van der Waals surface area contributed by atoms with Gasteiger partial charge in [0.15, 0.2) is 6.10 Å². The lowest BCUT2D eigenvalue weighted by Gasteiger charge is -2.16. The number of benzene rings is 2. The average Bonchev–Trinajstić information content (AvgIpc) is 2.55. The molecule has 0 aliphatic rings. The SMILES string of the molecule is COc1ccc(O[C@@H](C)C(=O)Nc2ccccc2C(N)=O)cc1. The minimum Gasteiger partial charge on any atom is -0.497 e. The first-order valence-corrected chi connectivity index (χ1v) is 7.01. The van der Waals surface area contributed by atoms with E-state index in [0.717, 1.165) is 0 Å². The highest BCUT2D eigenvalue weighted by Crippen LogP contribution is 2.19. The Morgan fingerprint density at radius 3 is 2.26 bits per heavy atom. The van der Waals surface area contributed by atoms with E-state index in [0.29, 0.717) is 17.2 Å². The largest absolute Gasteiger partial charge is 0.497 e. The zero-order chi connectivity index (χ0) is 16.8. The van der Waals surface area contributed by atoms with E-state index in [1.54, 1.807) is 62.6 Å². The van der Waals surface area contributed by atoms with E-state index in [9.17, 15) is 9.59 Å². The lowest BCUT2D eigenvalue weighted by Crippen LogP contribution is -2.31. The van der Waals surface area contributed by atoms with Crippen molar-refractivity contribution in [3.8, 4) is 11.5 Å². The van der Waals surface area contributed by atoms with E-state index < -0.39 is 12.0 Å². The molecule has 2 rings (SSSR count). The summed E-state index contributed by atoms with van der Waals surface area (Å²) in [7, 11) is 1.57. The topological polar surface area (TPSA) is 90.7 Å². The molecule has 120 valence electrons. The molecule has 0 saturated heterocycles. The number of amides is 2. The smallest absolute Gasteiger partial charge is 0.265 e. The Morgan fingerprint density at radius 2 is 1.65 bits per heavy atom. The van der Waals surface area contributed by atoms with Gasteiger partial charge in [0, 0.05) is 0 Å². The van der Waals surface area contributed by atoms with E-state index >= 15 is 0 Å². The van der Waals surface area contributed by atoms with Crippen LogP contribution >= 0.6 is 0 Å². The standard InChI is InChI=1S/C17H18N2O4/c1-11(23-13-9-7-12(22-2)8-10-13)17(21)19-15-6-4-3-5-14(15)16(18)20/h3-11H,1-2H3,(H2,18,20)(H,19,21)/t11-/m0/s1. The molecule has 0 aliphatic carbocycles. The van der Waals surface area contributed by atoms with Crippen molar-refractivity contribution >= 4 is 17.5 Å². The Morgan fingerprint density at radius 1 is 1.04 bits per heavy atom. The van der Waals surface area contributed by atoms with Crippen molar-refractivity contribution in [2.75, 3.05) is 12.4 Å². The van der Waals surface area contributed by atoms with Crippen LogP contribution in [0.4, 0.5) is 5.69 Å². The quantitative estimate of drug-likeness (QED) is 0.855. The zero-order valence-electron chi connectivity index (χ0n) is 12.9. The van der Waals surface area contributed by atoms with Gasteiger partial charge in [-0.15, -0.1) is 0 Å². The number of rotatable bonds is 6. The second-order valence-electron chi connectivity index (χ2n) is 4.83. The molecule has 0 unspecified atom stereocenters. The van der Waals surface area contributed by atoms with E-state index in [1.165, 1.54) is 0 Å². The Bertz CT molecular complexity index is 698. The van der Waals surface area contributed by atoms with Crippen LogP contribution in [0.25, 0.3) is 0 Å². The van der Waals surface area contributed by atoms with Crippen molar-refractivity contribution in [3.05, 3.63) is 54.1 Å². The maximum atomic E-state index is 12.2. The van der Waals surface area contributed by atoms with Crippen LogP contribution in [0.5, 0.6) is 11.5 Å². The van der Waals surface area contributed by atoms with Gasteiger partial charge in [0.1, 0.15) is 11.5 Å². The van der Waals surface area contributed by atoms with Crippen LogP contribution < -0.4 is 20.5 Å². The highest BCUT2D eigenvalue weighted by atomic mass is 16.5. The molecule has 0 aromatic heterocycles. The number of ether oxygens (including phenoxy) is 2. The number of primary amides is 1. The van der Waals surface area contributed by atoms with Gasteiger partial charge in [-0.05, 0) is 43.3 Å². The van der Waals surface area contributed by atoms with Crippen LogP contribution in [0, 0.1) is 0 Å². The molecular weight excluding hydrogens is 296 g/mol. The number of nitrogens with one attached hydrogen (secondary N) is 1. The first-order valence-electron chi connectivity index (χ1n) is 7.01. The molecule has 2 aromatic carbocycles. The molecule has 0 heterocycles. The minimum absolute atomic E-state index is 0.248. The van der Waals surface area contributed by atoms with Gasteiger partial charge in [0.25, 0.3) is 11.8 Å². The fraction of sp³-hybridized carbons (Fsp3) is 0.176.